The number of nitrogens with one attached hydrogen (secondary N) is 1. The first-order chi connectivity index (χ1) is 9.26. The summed E-state index contributed by atoms with van der Waals surface area (Å²) in [6.45, 7) is 1.68. The Morgan fingerprint density at radius 1 is 1.55 bits per heavy atom. The molecule has 1 N–H and O–H groups in total. The molecular formula is C12H10BrF3N2O2. The van der Waals surface area contributed by atoms with Crippen molar-refractivity contribution in [1.82, 2.24) is 0 Å². The third kappa shape index (κ3) is 4.74. The molecule has 108 valence electrons. The molecule has 0 saturated carbocycles. The Balaban J connectivity index is 2.83. The summed E-state index contributed by atoms with van der Waals surface area (Å²) >= 11 is 2.92. The van der Waals surface area contributed by atoms with Crippen LogP contribution in [0.15, 0.2) is 22.7 Å². The minimum Gasteiger partial charge on any atom is -0.405 e. The second kappa shape index (κ2) is 6.61. The van der Waals surface area contributed by atoms with Crippen LogP contribution in [0.5, 0.6) is 5.75 Å². The average molecular weight is 351 g/mol. The largest absolute Gasteiger partial charge is 0.573 e. The number of alkyl halides is 3. The molecule has 1 aromatic rings. The smallest absolute Gasteiger partial charge is 0.405 e. The van der Waals surface area contributed by atoms with Crippen LogP contribution in [0.25, 0.3) is 0 Å². The highest BCUT2D eigenvalue weighted by Crippen LogP contribution is 2.32. The van der Waals surface area contributed by atoms with Gasteiger partial charge in [-0.05, 0) is 40.5 Å². The third-order valence-corrected chi connectivity index (χ3v) is 2.93. The zero-order valence-electron chi connectivity index (χ0n) is 10.3. The Kier molecular flexibility index (Phi) is 5.39. The lowest BCUT2D eigenvalue weighted by atomic mass is 10.1. The molecule has 0 heterocycles. The maximum Gasteiger partial charge on any atom is 0.573 e. The van der Waals surface area contributed by atoms with Gasteiger partial charge in [0.2, 0.25) is 5.91 Å². The number of anilines is 1. The molecule has 0 aliphatic carbocycles. The zero-order chi connectivity index (χ0) is 15.3. The number of carbonyl (C=O) groups is 1. The molecule has 1 atom stereocenters. The van der Waals surface area contributed by atoms with Crippen LogP contribution in [0.2, 0.25) is 0 Å². The van der Waals surface area contributed by atoms with Crippen LogP contribution in [0, 0.1) is 17.2 Å². The van der Waals surface area contributed by atoms with Crippen molar-refractivity contribution in [3.63, 3.8) is 0 Å². The first-order valence-corrected chi connectivity index (χ1v) is 6.32. The molecule has 0 spiro atoms. The van der Waals surface area contributed by atoms with Crippen LogP contribution >= 0.6 is 15.9 Å². The van der Waals surface area contributed by atoms with E-state index in [1.54, 1.807) is 6.92 Å². The van der Waals surface area contributed by atoms with E-state index in [1.807, 2.05) is 6.07 Å². The van der Waals surface area contributed by atoms with Crippen molar-refractivity contribution in [2.75, 3.05) is 5.32 Å². The van der Waals surface area contributed by atoms with Crippen LogP contribution in [-0.2, 0) is 4.79 Å². The topological polar surface area (TPSA) is 62.1 Å². The lowest BCUT2D eigenvalue weighted by Crippen LogP contribution is -2.21. The van der Waals surface area contributed by atoms with Crippen LogP contribution < -0.4 is 10.1 Å². The van der Waals surface area contributed by atoms with Gasteiger partial charge in [-0.2, -0.15) is 5.26 Å². The van der Waals surface area contributed by atoms with Crippen molar-refractivity contribution < 1.29 is 22.7 Å². The first-order valence-electron chi connectivity index (χ1n) is 5.52. The Morgan fingerprint density at radius 2 is 2.20 bits per heavy atom. The summed E-state index contributed by atoms with van der Waals surface area (Å²) in [5.74, 6) is -1.73. The van der Waals surface area contributed by atoms with Crippen LogP contribution in [0.1, 0.15) is 13.3 Å². The van der Waals surface area contributed by atoms with Crippen molar-refractivity contribution in [1.29, 1.82) is 5.26 Å². The van der Waals surface area contributed by atoms with E-state index in [-0.39, 0.29) is 10.2 Å². The highest BCUT2D eigenvalue weighted by molar-refractivity contribution is 9.10. The molecule has 1 unspecified atom stereocenters. The number of hydrogen-bond donors (Lipinski definition) is 1. The number of nitrogens with zero attached hydrogens (tertiary/aromatic N) is 1. The zero-order valence-corrected chi connectivity index (χ0v) is 11.9. The Labute approximate surface area is 121 Å². The number of benzene rings is 1. The van der Waals surface area contributed by atoms with E-state index in [9.17, 15) is 18.0 Å². The number of nitriles is 1. The molecule has 20 heavy (non-hydrogen) atoms. The predicted octanol–water partition coefficient (Wildman–Crippen LogP) is 3.84. The quantitative estimate of drug-likeness (QED) is 0.897. The van der Waals surface area contributed by atoms with Gasteiger partial charge in [0.1, 0.15) is 11.7 Å². The molecule has 8 heteroatoms. The van der Waals surface area contributed by atoms with E-state index in [0.717, 1.165) is 6.07 Å². The van der Waals surface area contributed by atoms with Crippen molar-refractivity contribution in [3.8, 4) is 11.8 Å². The number of amides is 1. The van der Waals surface area contributed by atoms with E-state index in [0.29, 0.717) is 6.42 Å². The molecular weight excluding hydrogens is 341 g/mol. The van der Waals surface area contributed by atoms with E-state index in [2.05, 4.69) is 26.0 Å². The SMILES string of the molecule is CCC(C#N)C(=O)Nc1ccc(OC(F)(F)F)c(Br)c1. The third-order valence-electron chi connectivity index (χ3n) is 2.31. The summed E-state index contributed by atoms with van der Waals surface area (Å²) in [6.07, 6.45) is -4.44. The normalized spacial score (nSPS) is 12.4. The highest BCUT2D eigenvalue weighted by atomic mass is 79.9. The Hall–Kier alpha value is -1.75. The first kappa shape index (κ1) is 16.3. The number of ether oxygens (including phenoxy) is 1. The molecule has 0 fully saturated rings. The average Bonchev–Trinajstić information content (AvgIpc) is 2.33. The summed E-state index contributed by atoms with van der Waals surface area (Å²) in [4.78, 5) is 11.6. The molecule has 0 aliphatic heterocycles. The fourth-order valence-electron chi connectivity index (χ4n) is 1.35. The van der Waals surface area contributed by atoms with Crippen LogP contribution in [0.3, 0.4) is 0 Å². The fraction of sp³-hybridized carbons (Fsp3) is 0.333. The van der Waals surface area contributed by atoms with Gasteiger partial charge < -0.3 is 10.1 Å². The van der Waals surface area contributed by atoms with Crippen LogP contribution in [-0.4, -0.2) is 12.3 Å². The molecule has 4 nitrogen and oxygen atoms in total. The number of carbonyl (C=O) groups excluding carboxylic acids is 1. The second-order valence-electron chi connectivity index (χ2n) is 3.77. The molecule has 0 radical (unpaired) electrons. The van der Waals surface area contributed by atoms with Crippen molar-refractivity contribution in [3.05, 3.63) is 22.7 Å². The monoisotopic (exact) mass is 350 g/mol. The fourth-order valence-corrected chi connectivity index (χ4v) is 1.81. The molecule has 0 aromatic heterocycles. The summed E-state index contributed by atoms with van der Waals surface area (Å²) in [5, 5.41) is 11.2. The maximum absolute atomic E-state index is 12.1. The van der Waals surface area contributed by atoms with Gasteiger partial charge in [0, 0.05) is 5.69 Å². The van der Waals surface area contributed by atoms with Gasteiger partial charge in [0.25, 0.3) is 0 Å². The lowest BCUT2D eigenvalue weighted by molar-refractivity contribution is -0.274. The number of hydrogen-bond acceptors (Lipinski definition) is 3. The molecule has 1 amide bonds. The minimum absolute atomic E-state index is 0.0395. The predicted molar refractivity (Wildman–Crippen MR) is 68.8 cm³/mol. The van der Waals surface area contributed by atoms with E-state index < -0.39 is 23.9 Å². The summed E-state index contributed by atoms with van der Waals surface area (Å²) in [6, 6.07) is 5.43. The molecule has 0 bridgehead atoms. The van der Waals surface area contributed by atoms with Gasteiger partial charge in [-0.25, -0.2) is 0 Å². The lowest BCUT2D eigenvalue weighted by Gasteiger charge is -2.12. The van der Waals surface area contributed by atoms with Crippen molar-refractivity contribution in [2.24, 2.45) is 5.92 Å². The van der Waals surface area contributed by atoms with Crippen LogP contribution in [0.4, 0.5) is 18.9 Å². The van der Waals surface area contributed by atoms with Gasteiger partial charge in [-0.1, -0.05) is 6.92 Å². The second-order valence-corrected chi connectivity index (χ2v) is 4.63. The van der Waals surface area contributed by atoms with E-state index in [1.165, 1.54) is 12.1 Å². The molecule has 1 rings (SSSR count). The summed E-state index contributed by atoms with van der Waals surface area (Å²) < 4.78 is 40.1. The van der Waals surface area contributed by atoms with Gasteiger partial charge in [-0.3, -0.25) is 4.79 Å². The molecule has 0 saturated heterocycles. The van der Waals surface area contributed by atoms with Gasteiger partial charge in [0.15, 0.2) is 0 Å². The number of halogens is 4. The molecule has 0 aliphatic rings. The summed E-state index contributed by atoms with van der Waals surface area (Å²) in [5.41, 5.74) is 0.269. The van der Waals surface area contributed by atoms with E-state index in [4.69, 9.17) is 5.26 Å². The van der Waals surface area contributed by atoms with Gasteiger partial charge >= 0.3 is 6.36 Å². The summed E-state index contributed by atoms with van der Waals surface area (Å²) in [7, 11) is 0. The minimum atomic E-state index is -4.79. The van der Waals surface area contributed by atoms with Crippen molar-refractivity contribution >= 4 is 27.5 Å². The van der Waals surface area contributed by atoms with E-state index >= 15 is 0 Å². The Morgan fingerprint density at radius 3 is 2.65 bits per heavy atom. The maximum atomic E-state index is 12.1. The Bertz CT molecular complexity index is 540. The highest BCUT2D eigenvalue weighted by Gasteiger charge is 2.32. The van der Waals surface area contributed by atoms with Gasteiger partial charge in [0.05, 0.1) is 10.5 Å². The standard InChI is InChI=1S/C12H10BrF3N2O2/c1-2-7(6-17)11(19)18-8-3-4-10(9(13)5-8)20-12(14,15)16/h3-5,7H,2H2,1H3,(H,18,19). The van der Waals surface area contributed by atoms with Crippen molar-refractivity contribution in [2.45, 2.75) is 19.7 Å². The molecule has 1 aromatic carbocycles. The number of rotatable bonds is 4. The van der Waals surface area contributed by atoms with Gasteiger partial charge in [-0.15, -0.1) is 13.2 Å².